The van der Waals surface area contributed by atoms with Crippen molar-refractivity contribution in [1.82, 2.24) is 18.7 Å². The molecule has 1 unspecified atom stereocenters. The summed E-state index contributed by atoms with van der Waals surface area (Å²) in [7, 11) is 1.56. The number of Topliss-reactive ketones (excluding diaryl/α,β-unsaturated/α-hetero) is 1. The summed E-state index contributed by atoms with van der Waals surface area (Å²) in [5, 5.41) is 0. The van der Waals surface area contributed by atoms with E-state index in [1.807, 2.05) is 30.3 Å². The molecular weight excluding hydrogens is 388 g/mol. The minimum absolute atomic E-state index is 0.108. The zero-order valence-electron chi connectivity index (χ0n) is 14.1. The van der Waals surface area contributed by atoms with E-state index in [4.69, 9.17) is 0 Å². The Labute approximate surface area is 151 Å². The lowest BCUT2D eigenvalue weighted by molar-refractivity contribution is -0.119. The minimum atomic E-state index is -0.574. The number of carbonyl (C=O) groups excluding carboxylic acids is 1. The molecule has 0 fully saturated rings. The number of aromatic nitrogens is 4. The molecule has 7 nitrogen and oxygen atoms in total. The minimum Gasteiger partial charge on any atom is -0.302 e. The standard InChI is InChI=1S/C17H17BrN4O3/c1-10(11(2)23)22-13-14(19-16(22)18)20(3)17(25)21(15(13)24)9-12-7-5-4-6-8-12/h4-8,10H,9H2,1-3H3. The van der Waals surface area contributed by atoms with E-state index in [9.17, 15) is 14.4 Å². The van der Waals surface area contributed by atoms with Gasteiger partial charge in [0.05, 0.1) is 12.6 Å². The molecule has 0 amide bonds. The maximum Gasteiger partial charge on any atom is 0.332 e. The lowest BCUT2D eigenvalue weighted by Gasteiger charge is -2.13. The lowest BCUT2D eigenvalue weighted by Crippen LogP contribution is -2.40. The molecule has 3 rings (SSSR count). The van der Waals surface area contributed by atoms with Gasteiger partial charge in [-0.3, -0.25) is 18.7 Å². The molecule has 0 aliphatic rings. The van der Waals surface area contributed by atoms with Crippen molar-refractivity contribution in [1.29, 1.82) is 0 Å². The maximum absolute atomic E-state index is 13.0. The zero-order valence-corrected chi connectivity index (χ0v) is 15.6. The van der Waals surface area contributed by atoms with Gasteiger partial charge in [-0.1, -0.05) is 30.3 Å². The van der Waals surface area contributed by atoms with Gasteiger partial charge in [0, 0.05) is 7.05 Å². The molecule has 2 aromatic heterocycles. The summed E-state index contributed by atoms with van der Waals surface area (Å²) in [6.45, 7) is 3.30. The Balaban J connectivity index is 2.33. The molecular formula is C17H17BrN4O3. The second-order valence-electron chi connectivity index (χ2n) is 5.93. The van der Waals surface area contributed by atoms with Crippen molar-refractivity contribution in [3.05, 3.63) is 61.5 Å². The highest BCUT2D eigenvalue weighted by Gasteiger charge is 2.23. The monoisotopic (exact) mass is 404 g/mol. The van der Waals surface area contributed by atoms with Crippen molar-refractivity contribution in [2.75, 3.05) is 0 Å². The average Bonchev–Trinajstić information content (AvgIpc) is 2.94. The third-order valence-corrected chi connectivity index (χ3v) is 4.85. The molecule has 3 aromatic rings. The number of nitrogens with zero attached hydrogens (tertiary/aromatic N) is 4. The number of carbonyl (C=O) groups is 1. The van der Waals surface area contributed by atoms with Crippen LogP contribution in [0.2, 0.25) is 0 Å². The Morgan fingerprint density at radius 2 is 1.88 bits per heavy atom. The highest BCUT2D eigenvalue weighted by Crippen LogP contribution is 2.22. The van der Waals surface area contributed by atoms with Crippen LogP contribution in [0, 0.1) is 0 Å². The van der Waals surface area contributed by atoms with Crippen LogP contribution >= 0.6 is 15.9 Å². The quantitative estimate of drug-likeness (QED) is 0.621. The molecule has 2 heterocycles. The van der Waals surface area contributed by atoms with Gasteiger partial charge in [0.25, 0.3) is 5.56 Å². The average molecular weight is 405 g/mol. The summed E-state index contributed by atoms with van der Waals surface area (Å²) in [6, 6.07) is 8.69. The number of rotatable bonds is 4. The number of ketones is 1. The Kier molecular flexibility index (Phi) is 4.47. The third-order valence-electron chi connectivity index (χ3n) is 4.29. The van der Waals surface area contributed by atoms with Gasteiger partial charge < -0.3 is 4.57 Å². The summed E-state index contributed by atoms with van der Waals surface area (Å²) < 4.78 is 4.36. The van der Waals surface area contributed by atoms with Crippen LogP contribution in [0.3, 0.4) is 0 Å². The Hall–Kier alpha value is -2.48. The summed E-state index contributed by atoms with van der Waals surface area (Å²) in [4.78, 5) is 41.7. The summed E-state index contributed by atoms with van der Waals surface area (Å²) >= 11 is 3.30. The molecule has 25 heavy (non-hydrogen) atoms. The number of imidazole rings is 1. The van der Waals surface area contributed by atoms with Crippen LogP contribution < -0.4 is 11.2 Å². The topological polar surface area (TPSA) is 78.9 Å². The SMILES string of the molecule is CC(=O)C(C)n1c(Br)nc2c1c(=O)n(Cc1ccccc1)c(=O)n2C. The number of halogens is 1. The van der Waals surface area contributed by atoms with E-state index in [1.54, 1.807) is 14.0 Å². The molecule has 0 aliphatic heterocycles. The van der Waals surface area contributed by atoms with Crippen LogP contribution in [0.15, 0.2) is 44.7 Å². The zero-order chi connectivity index (χ0) is 18.3. The number of hydrogen-bond donors (Lipinski definition) is 0. The second kappa shape index (κ2) is 6.44. The summed E-state index contributed by atoms with van der Waals surface area (Å²) in [5.41, 5.74) is 0.403. The lowest BCUT2D eigenvalue weighted by atomic mass is 10.2. The van der Waals surface area contributed by atoms with Crippen LogP contribution in [0.4, 0.5) is 0 Å². The molecule has 0 aliphatic carbocycles. The highest BCUT2D eigenvalue weighted by atomic mass is 79.9. The van der Waals surface area contributed by atoms with E-state index in [0.717, 1.165) is 10.1 Å². The molecule has 0 spiro atoms. The van der Waals surface area contributed by atoms with Gasteiger partial charge in [0.1, 0.15) is 0 Å². The molecule has 0 N–H and O–H groups in total. The van der Waals surface area contributed by atoms with E-state index >= 15 is 0 Å². The number of fused-ring (bicyclic) bond motifs is 1. The Morgan fingerprint density at radius 1 is 1.24 bits per heavy atom. The van der Waals surface area contributed by atoms with Crippen molar-refractivity contribution < 1.29 is 4.79 Å². The molecule has 1 atom stereocenters. The third kappa shape index (κ3) is 2.86. The van der Waals surface area contributed by atoms with E-state index in [-0.39, 0.29) is 23.5 Å². The maximum atomic E-state index is 13.0. The Bertz CT molecular complexity index is 1080. The van der Waals surface area contributed by atoms with Crippen LogP contribution in [0.5, 0.6) is 0 Å². The fourth-order valence-electron chi connectivity index (χ4n) is 2.75. The van der Waals surface area contributed by atoms with Gasteiger partial charge in [-0.25, -0.2) is 9.78 Å². The normalized spacial score (nSPS) is 12.5. The van der Waals surface area contributed by atoms with Gasteiger partial charge in [-0.2, -0.15) is 0 Å². The van der Waals surface area contributed by atoms with Crippen molar-refractivity contribution in [3.8, 4) is 0 Å². The van der Waals surface area contributed by atoms with Gasteiger partial charge in [-0.05, 0) is 35.3 Å². The van der Waals surface area contributed by atoms with Crippen LogP contribution in [0.25, 0.3) is 11.2 Å². The largest absolute Gasteiger partial charge is 0.332 e. The predicted molar refractivity (Wildman–Crippen MR) is 97.9 cm³/mol. The molecule has 0 saturated carbocycles. The molecule has 8 heteroatoms. The van der Waals surface area contributed by atoms with Gasteiger partial charge in [0.15, 0.2) is 21.7 Å². The molecule has 0 saturated heterocycles. The van der Waals surface area contributed by atoms with Crippen molar-refractivity contribution in [2.24, 2.45) is 7.05 Å². The van der Waals surface area contributed by atoms with E-state index in [2.05, 4.69) is 20.9 Å². The fourth-order valence-corrected chi connectivity index (χ4v) is 3.41. The van der Waals surface area contributed by atoms with Gasteiger partial charge >= 0.3 is 5.69 Å². The first-order valence-corrected chi connectivity index (χ1v) is 8.54. The van der Waals surface area contributed by atoms with E-state index in [1.165, 1.54) is 16.1 Å². The van der Waals surface area contributed by atoms with E-state index in [0.29, 0.717) is 4.73 Å². The smallest absolute Gasteiger partial charge is 0.302 e. The van der Waals surface area contributed by atoms with Crippen molar-refractivity contribution >= 4 is 32.9 Å². The molecule has 0 bridgehead atoms. The Morgan fingerprint density at radius 3 is 2.48 bits per heavy atom. The summed E-state index contributed by atoms with van der Waals surface area (Å²) in [6.07, 6.45) is 0. The first kappa shape index (κ1) is 17.3. The number of hydrogen-bond acceptors (Lipinski definition) is 4. The van der Waals surface area contributed by atoms with E-state index < -0.39 is 17.3 Å². The van der Waals surface area contributed by atoms with Crippen LogP contribution in [-0.2, 0) is 18.4 Å². The van der Waals surface area contributed by atoms with Crippen LogP contribution in [0.1, 0.15) is 25.5 Å². The van der Waals surface area contributed by atoms with Crippen molar-refractivity contribution in [3.63, 3.8) is 0 Å². The predicted octanol–water partition coefficient (Wildman–Crippen LogP) is 1.86. The number of benzene rings is 1. The van der Waals surface area contributed by atoms with Gasteiger partial charge in [-0.15, -0.1) is 0 Å². The first-order valence-electron chi connectivity index (χ1n) is 7.74. The van der Waals surface area contributed by atoms with Crippen LogP contribution in [-0.4, -0.2) is 24.5 Å². The second-order valence-corrected chi connectivity index (χ2v) is 6.64. The number of aryl methyl sites for hydroxylation is 1. The first-order chi connectivity index (χ1) is 11.8. The molecule has 1 aromatic carbocycles. The molecule has 0 radical (unpaired) electrons. The molecule has 130 valence electrons. The summed E-state index contributed by atoms with van der Waals surface area (Å²) in [5.74, 6) is -0.108. The fraction of sp³-hybridized carbons (Fsp3) is 0.294. The highest BCUT2D eigenvalue weighted by molar-refractivity contribution is 9.10. The van der Waals surface area contributed by atoms with Crippen molar-refractivity contribution in [2.45, 2.75) is 26.4 Å². The van der Waals surface area contributed by atoms with Gasteiger partial charge in [0.2, 0.25) is 0 Å².